The number of rotatable bonds is 4. The molecule has 0 aliphatic rings. The third kappa shape index (κ3) is 4.61. The summed E-state index contributed by atoms with van der Waals surface area (Å²) in [6, 6.07) is 10.8. The van der Waals surface area contributed by atoms with Gasteiger partial charge in [0.2, 0.25) is 0 Å². The van der Waals surface area contributed by atoms with E-state index in [0.29, 0.717) is 23.7 Å². The number of ether oxygens (including phenoxy) is 2. The highest BCUT2D eigenvalue weighted by atomic mass is 79.9. The van der Waals surface area contributed by atoms with Crippen LogP contribution in [0.2, 0.25) is 0 Å². The van der Waals surface area contributed by atoms with Gasteiger partial charge in [0.1, 0.15) is 11.5 Å². The predicted octanol–water partition coefficient (Wildman–Crippen LogP) is 6.13. The molecule has 5 heteroatoms. The van der Waals surface area contributed by atoms with Crippen molar-refractivity contribution < 1.29 is 14.3 Å². The van der Waals surface area contributed by atoms with Crippen LogP contribution in [0.4, 0.5) is 0 Å². The van der Waals surface area contributed by atoms with E-state index in [0.717, 1.165) is 14.5 Å². The van der Waals surface area contributed by atoms with Crippen LogP contribution in [0.25, 0.3) is 0 Å². The molecule has 0 aliphatic carbocycles. The van der Waals surface area contributed by atoms with Crippen molar-refractivity contribution in [3.05, 3.63) is 56.5 Å². The highest BCUT2D eigenvalue weighted by molar-refractivity contribution is 9.10. The molecule has 24 heavy (non-hydrogen) atoms. The molecule has 2 aromatic rings. The lowest BCUT2D eigenvalue weighted by atomic mass is 9.86. The number of hydrogen-bond acceptors (Lipinski definition) is 3. The quantitative estimate of drug-likeness (QED) is 0.411. The van der Waals surface area contributed by atoms with Gasteiger partial charge in [-0.3, -0.25) is 0 Å². The Hall–Kier alpha value is -1.33. The Kier molecular flexibility index (Phi) is 6.10. The second-order valence-electron chi connectivity index (χ2n) is 6.36. The van der Waals surface area contributed by atoms with E-state index in [9.17, 15) is 4.79 Å². The minimum absolute atomic E-state index is 0.140. The molecule has 0 amide bonds. The minimum atomic E-state index is -0.397. The average molecular weight is 456 g/mol. The average Bonchev–Trinajstić information content (AvgIpc) is 2.50. The standard InChI is InChI=1S/C19H20Br2O3/c1-5-23-17-8-6-12(10-15(17)21)18(22)24-16-9-7-13(20)11-14(16)19(2,3)4/h6-11H,5H2,1-4H3. The monoisotopic (exact) mass is 454 g/mol. The van der Waals surface area contributed by atoms with E-state index in [-0.39, 0.29) is 5.41 Å². The van der Waals surface area contributed by atoms with Crippen molar-refractivity contribution >= 4 is 37.8 Å². The van der Waals surface area contributed by atoms with Gasteiger partial charge in [0.05, 0.1) is 16.6 Å². The molecule has 0 atom stereocenters. The Morgan fingerprint density at radius 2 is 1.71 bits per heavy atom. The SMILES string of the molecule is CCOc1ccc(C(=O)Oc2ccc(Br)cc2C(C)(C)C)cc1Br. The lowest BCUT2D eigenvalue weighted by Crippen LogP contribution is -2.16. The van der Waals surface area contributed by atoms with Gasteiger partial charge in [-0.2, -0.15) is 0 Å². The smallest absolute Gasteiger partial charge is 0.343 e. The van der Waals surface area contributed by atoms with Crippen LogP contribution in [0.1, 0.15) is 43.6 Å². The van der Waals surface area contributed by atoms with Gasteiger partial charge in [0, 0.05) is 10.0 Å². The second kappa shape index (κ2) is 7.70. The molecule has 0 fully saturated rings. The Morgan fingerprint density at radius 3 is 2.29 bits per heavy atom. The predicted molar refractivity (Wildman–Crippen MR) is 103 cm³/mol. The van der Waals surface area contributed by atoms with Gasteiger partial charge in [0.25, 0.3) is 0 Å². The lowest BCUT2D eigenvalue weighted by Gasteiger charge is -2.22. The maximum atomic E-state index is 12.5. The van der Waals surface area contributed by atoms with E-state index in [1.165, 1.54) is 0 Å². The number of esters is 1. The number of benzene rings is 2. The van der Waals surface area contributed by atoms with Crippen LogP contribution in [-0.4, -0.2) is 12.6 Å². The summed E-state index contributed by atoms with van der Waals surface area (Å²) >= 11 is 6.89. The van der Waals surface area contributed by atoms with E-state index >= 15 is 0 Å². The number of halogens is 2. The number of carbonyl (C=O) groups excluding carboxylic acids is 1. The van der Waals surface area contributed by atoms with Gasteiger partial charge in [-0.1, -0.05) is 36.7 Å². The fraction of sp³-hybridized carbons (Fsp3) is 0.316. The fourth-order valence-corrected chi connectivity index (χ4v) is 3.09. The molecule has 0 aliphatic heterocycles. The number of carbonyl (C=O) groups is 1. The number of hydrogen-bond donors (Lipinski definition) is 0. The van der Waals surface area contributed by atoms with Crippen molar-refractivity contribution in [1.82, 2.24) is 0 Å². The van der Waals surface area contributed by atoms with Crippen molar-refractivity contribution in [2.24, 2.45) is 0 Å². The summed E-state index contributed by atoms with van der Waals surface area (Å²) in [4.78, 5) is 12.5. The topological polar surface area (TPSA) is 35.5 Å². The largest absolute Gasteiger partial charge is 0.493 e. The Morgan fingerprint density at radius 1 is 1.04 bits per heavy atom. The first-order valence-corrected chi connectivity index (χ1v) is 9.25. The van der Waals surface area contributed by atoms with Crippen molar-refractivity contribution in [1.29, 1.82) is 0 Å². The Bertz CT molecular complexity index is 749. The molecule has 0 heterocycles. The normalized spacial score (nSPS) is 11.2. The van der Waals surface area contributed by atoms with Gasteiger partial charge in [-0.25, -0.2) is 4.79 Å². The summed E-state index contributed by atoms with van der Waals surface area (Å²) in [6.45, 7) is 8.73. The van der Waals surface area contributed by atoms with Gasteiger partial charge in [-0.05, 0) is 64.7 Å². The molecule has 2 aromatic carbocycles. The fourth-order valence-electron chi connectivity index (χ4n) is 2.24. The first-order chi connectivity index (χ1) is 11.2. The highest BCUT2D eigenvalue weighted by Crippen LogP contribution is 2.34. The lowest BCUT2D eigenvalue weighted by molar-refractivity contribution is 0.0731. The summed E-state index contributed by atoms with van der Waals surface area (Å²) < 4.78 is 12.8. The molecule has 0 spiro atoms. The zero-order valence-electron chi connectivity index (χ0n) is 14.2. The van der Waals surface area contributed by atoms with E-state index in [2.05, 4.69) is 52.6 Å². The molecule has 0 N–H and O–H groups in total. The molecule has 3 nitrogen and oxygen atoms in total. The summed E-state index contributed by atoms with van der Waals surface area (Å²) in [7, 11) is 0. The van der Waals surface area contributed by atoms with Crippen LogP contribution in [0.5, 0.6) is 11.5 Å². The van der Waals surface area contributed by atoms with Crippen molar-refractivity contribution in [2.45, 2.75) is 33.1 Å². The Balaban J connectivity index is 2.29. The summed E-state index contributed by atoms with van der Waals surface area (Å²) in [5.41, 5.74) is 1.29. The van der Waals surface area contributed by atoms with Gasteiger partial charge >= 0.3 is 5.97 Å². The molecule has 0 unspecified atom stereocenters. The molecular weight excluding hydrogens is 436 g/mol. The zero-order chi connectivity index (χ0) is 17.9. The summed E-state index contributed by atoms with van der Waals surface area (Å²) in [5.74, 6) is 0.875. The van der Waals surface area contributed by atoms with Crippen LogP contribution < -0.4 is 9.47 Å². The third-order valence-electron chi connectivity index (χ3n) is 3.42. The first-order valence-electron chi connectivity index (χ1n) is 7.67. The molecule has 2 rings (SSSR count). The minimum Gasteiger partial charge on any atom is -0.493 e. The molecule has 0 saturated carbocycles. The molecular formula is C19H20Br2O3. The van der Waals surface area contributed by atoms with E-state index in [1.807, 2.05) is 25.1 Å². The van der Waals surface area contributed by atoms with Crippen LogP contribution in [-0.2, 0) is 5.41 Å². The summed E-state index contributed by atoms with van der Waals surface area (Å²) in [5, 5.41) is 0. The van der Waals surface area contributed by atoms with E-state index in [4.69, 9.17) is 9.47 Å². The molecule has 0 saturated heterocycles. The van der Waals surface area contributed by atoms with Crippen molar-refractivity contribution in [3.8, 4) is 11.5 Å². The van der Waals surface area contributed by atoms with Crippen LogP contribution in [0.15, 0.2) is 45.3 Å². The second-order valence-corrected chi connectivity index (χ2v) is 8.13. The summed E-state index contributed by atoms with van der Waals surface area (Å²) in [6.07, 6.45) is 0. The van der Waals surface area contributed by atoms with E-state index in [1.54, 1.807) is 18.2 Å². The first kappa shape index (κ1) is 19.0. The van der Waals surface area contributed by atoms with Crippen LogP contribution in [0, 0.1) is 0 Å². The van der Waals surface area contributed by atoms with Gasteiger partial charge in [-0.15, -0.1) is 0 Å². The van der Waals surface area contributed by atoms with Crippen molar-refractivity contribution in [3.63, 3.8) is 0 Å². The highest BCUT2D eigenvalue weighted by Gasteiger charge is 2.21. The zero-order valence-corrected chi connectivity index (χ0v) is 17.3. The molecule has 128 valence electrons. The molecule has 0 aromatic heterocycles. The van der Waals surface area contributed by atoms with Gasteiger partial charge < -0.3 is 9.47 Å². The van der Waals surface area contributed by atoms with Crippen LogP contribution in [0.3, 0.4) is 0 Å². The van der Waals surface area contributed by atoms with Crippen molar-refractivity contribution in [2.75, 3.05) is 6.61 Å². The third-order valence-corrected chi connectivity index (χ3v) is 4.53. The van der Waals surface area contributed by atoms with E-state index < -0.39 is 5.97 Å². The maximum Gasteiger partial charge on any atom is 0.343 e. The molecule has 0 radical (unpaired) electrons. The maximum absolute atomic E-state index is 12.5. The van der Waals surface area contributed by atoms with Gasteiger partial charge in [0.15, 0.2) is 0 Å². The van der Waals surface area contributed by atoms with Crippen LogP contribution >= 0.6 is 31.9 Å². The Labute approximate surface area is 159 Å². The molecule has 0 bridgehead atoms.